The van der Waals surface area contributed by atoms with Gasteiger partial charge in [0.25, 0.3) is 0 Å². The second kappa shape index (κ2) is 6.64. The van der Waals surface area contributed by atoms with E-state index in [2.05, 4.69) is 17.4 Å². The molecule has 0 bridgehead atoms. The summed E-state index contributed by atoms with van der Waals surface area (Å²) < 4.78 is 11.4. The minimum absolute atomic E-state index is 0.659. The lowest BCUT2D eigenvalue weighted by atomic mass is 10.2. The molecule has 0 heterocycles. The number of hydrogen-bond acceptors (Lipinski definition) is 3. The first-order valence-corrected chi connectivity index (χ1v) is 7.56. The Kier molecular flexibility index (Phi) is 4.41. The number of ether oxygens (including phenoxy) is 2. The highest BCUT2D eigenvalue weighted by atomic mass is 16.5. The maximum Gasteiger partial charge on any atom is 0.131 e. The molecule has 21 heavy (non-hydrogen) atoms. The van der Waals surface area contributed by atoms with Crippen LogP contribution in [0.1, 0.15) is 25.3 Å². The maximum atomic E-state index is 5.92. The van der Waals surface area contributed by atoms with Crippen molar-refractivity contribution in [2.75, 3.05) is 6.61 Å². The van der Waals surface area contributed by atoms with Crippen LogP contribution in [-0.4, -0.2) is 12.6 Å². The molecule has 2 aromatic carbocycles. The Balaban J connectivity index is 1.65. The van der Waals surface area contributed by atoms with Gasteiger partial charge in [-0.05, 0) is 49.6 Å². The van der Waals surface area contributed by atoms with E-state index in [1.165, 1.54) is 18.4 Å². The van der Waals surface area contributed by atoms with Crippen molar-refractivity contribution in [1.82, 2.24) is 5.32 Å². The predicted octanol–water partition coefficient (Wildman–Crippen LogP) is 4.13. The van der Waals surface area contributed by atoms with Crippen molar-refractivity contribution >= 4 is 0 Å². The molecule has 3 rings (SSSR count). The van der Waals surface area contributed by atoms with Crippen LogP contribution in [0.15, 0.2) is 48.5 Å². The highest BCUT2D eigenvalue weighted by Crippen LogP contribution is 2.26. The lowest BCUT2D eigenvalue weighted by molar-refractivity contribution is 0.338. The van der Waals surface area contributed by atoms with E-state index >= 15 is 0 Å². The first kappa shape index (κ1) is 14.0. The summed E-state index contributed by atoms with van der Waals surface area (Å²) in [7, 11) is 0. The van der Waals surface area contributed by atoms with Gasteiger partial charge in [-0.1, -0.05) is 18.2 Å². The monoisotopic (exact) mass is 283 g/mol. The van der Waals surface area contributed by atoms with Gasteiger partial charge in [-0.25, -0.2) is 0 Å². The quantitative estimate of drug-likeness (QED) is 0.828. The Hall–Kier alpha value is -2.00. The van der Waals surface area contributed by atoms with Crippen molar-refractivity contribution in [2.24, 2.45) is 0 Å². The highest BCUT2D eigenvalue weighted by Gasteiger charge is 2.19. The molecule has 0 atom stereocenters. The molecule has 3 nitrogen and oxygen atoms in total. The topological polar surface area (TPSA) is 30.5 Å². The van der Waals surface area contributed by atoms with Crippen LogP contribution >= 0.6 is 0 Å². The zero-order chi connectivity index (χ0) is 14.5. The average molecular weight is 283 g/mol. The predicted molar refractivity (Wildman–Crippen MR) is 84.0 cm³/mol. The zero-order valence-electron chi connectivity index (χ0n) is 12.3. The Labute approximate surface area is 125 Å². The van der Waals surface area contributed by atoms with E-state index in [1.54, 1.807) is 0 Å². The molecule has 0 amide bonds. The van der Waals surface area contributed by atoms with Crippen LogP contribution < -0.4 is 14.8 Å². The second-order valence-corrected chi connectivity index (χ2v) is 5.31. The van der Waals surface area contributed by atoms with E-state index in [4.69, 9.17) is 9.47 Å². The highest BCUT2D eigenvalue weighted by molar-refractivity contribution is 5.38. The van der Waals surface area contributed by atoms with Gasteiger partial charge < -0.3 is 14.8 Å². The molecule has 0 unspecified atom stereocenters. The van der Waals surface area contributed by atoms with E-state index in [0.29, 0.717) is 6.61 Å². The molecular weight excluding hydrogens is 262 g/mol. The van der Waals surface area contributed by atoms with Crippen molar-refractivity contribution in [3.05, 3.63) is 54.1 Å². The van der Waals surface area contributed by atoms with Crippen molar-refractivity contribution < 1.29 is 9.47 Å². The fourth-order valence-corrected chi connectivity index (χ4v) is 2.20. The summed E-state index contributed by atoms with van der Waals surface area (Å²) >= 11 is 0. The van der Waals surface area contributed by atoms with Gasteiger partial charge in [0.1, 0.15) is 17.2 Å². The van der Waals surface area contributed by atoms with Crippen molar-refractivity contribution in [3.8, 4) is 17.2 Å². The Morgan fingerprint density at radius 2 is 1.71 bits per heavy atom. The normalized spacial score (nSPS) is 14.0. The fourth-order valence-electron chi connectivity index (χ4n) is 2.20. The van der Waals surface area contributed by atoms with E-state index in [9.17, 15) is 0 Å². The Morgan fingerprint density at radius 1 is 1.00 bits per heavy atom. The number of rotatable bonds is 7. The molecule has 1 saturated carbocycles. The summed E-state index contributed by atoms with van der Waals surface area (Å²) in [4.78, 5) is 0. The number of nitrogens with one attached hydrogen (secondary N) is 1. The van der Waals surface area contributed by atoms with Gasteiger partial charge >= 0.3 is 0 Å². The molecule has 0 radical (unpaired) electrons. The molecule has 0 saturated heterocycles. The summed E-state index contributed by atoms with van der Waals surface area (Å²) in [6.07, 6.45) is 2.61. The zero-order valence-corrected chi connectivity index (χ0v) is 12.3. The first-order chi connectivity index (χ1) is 10.3. The van der Waals surface area contributed by atoms with Crippen LogP contribution in [0.4, 0.5) is 0 Å². The van der Waals surface area contributed by atoms with E-state index in [0.717, 1.165) is 29.8 Å². The molecule has 0 spiro atoms. The molecule has 1 aliphatic rings. The van der Waals surface area contributed by atoms with Gasteiger partial charge in [-0.3, -0.25) is 0 Å². The van der Waals surface area contributed by atoms with E-state index < -0.39 is 0 Å². The lowest BCUT2D eigenvalue weighted by Gasteiger charge is -2.10. The third-order valence-electron chi connectivity index (χ3n) is 3.42. The number of benzene rings is 2. The van der Waals surface area contributed by atoms with Crippen molar-refractivity contribution in [2.45, 2.75) is 32.4 Å². The Morgan fingerprint density at radius 3 is 2.48 bits per heavy atom. The first-order valence-electron chi connectivity index (χ1n) is 7.56. The van der Waals surface area contributed by atoms with Gasteiger partial charge in [0.05, 0.1) is 6.61 Å². The minimum atomic E-state index is 0.659. The molecule has 0 aromatic heterocycles. The van der Waals surface area contributed by atoms with Crippen LogP contribution in [-0.2, 0) is 6.54 Å². The standard InChI is InChI=1S/C18H21NO2/c1-2-20-16-6-4-8-18(12-16)21-17-7-3-5-14(11-17)13-19-15-9-10-15/h3-8,11-12,15,19H,2,9-10,13H2,1H3. The fraction of sp³-hybridized carbons (Fsp3) is 0.333. The van der Waals surface area contributed by atoms with E-state index in [1.807, 2.05) is 43.3 Å². The van der Waals surface area contributed by atoms with Gasteiger partial charge in [-0.15, -0.1) is 0 Å². The molecule has 1 N–H and O–H groups in total. The smallest absolute Gasteiger partial charge is 0.131 e. The van der Waals surface area contributed by atoms with Crippen LogP contribution in [0, 0.1) is 0 Å². The molecular formula is C18H21NO2. The van der Waals surface area contributed by atoms with Crippen LogP contribution in [0.3, 0.4) is 0 Å². The minimum Gasteiger partial charge on any atom is -0.494 e. The van der Waals surface area contributed by atoms with Crippen molar-refractivity contribution in [1.29, 1.82) is 0 Å². The summed E-state index contributed by atoms with van der Waals surface area (Å²) in [5.74, 6) is 2.49. The van der Waals surface area contributed by atoms with Gasteiger partial charge in [0, 0.05) is 18.7 Å². The molecule has 3 heteroatoms. The molecule has 1 fully saturated rings. The summed E-state index contributed by atoms with van der Waals surface area (Å²) in [6, 6.07) is 16.7. The molecule has 0 aliphatic heterocycles. The third-order valence-corrected chi connectivity index (χ3v) is 3.42. The van der Waals surface area contributed by atoms with Crippen LogP contribution in [0.2, 0.25) is 0 Å². The lowest BCUT2D eigenvalue weighted by Crippen LogP contribution is -2.15. The third kappa shape index (κ3) is 4.23. The molecule has 110 valence electrons. The summed E-state index contributed by atoms with van der Waals surface area (Å²) in [6.45, 7) is 3.54. The van der Waals surface area contributed by atoms with Gasteiger partial charge in [-0.2, -0.15) is 0 Å². The largest absolute Gasteiger partial charge is 0.494 e. The Bertz CT molecular complexity index is 593. The summed E-state index contributed by atoms with van der Waals surface area (Å²) in [5, 5.41) is 3.51. The van der Waals surface area contributed by atoms with Gasteiger partial charge in [0.15, 0.2) is 0 Å². The maximum absolute atomic E-state index is 5.92. The average Bonchev–Trinajstić information content (AvgIpc) is 3.31. The number of hydrogen-bond donors (Lipinski definition) is 1. The van der Waals surface area contributed by atoms with Crippen LogP contribution in [0.5, 0.6) is 17.2 Å². The summed E-state index contributed by atoms with van der Waals surface area (Å²) in [5.41, 5.74) is 1.25. The van der Waals surface area contributed by atoms with Gasteiger partial charge in [0.2, 0.25) is 0 Å². The van der Waals surface area contributed by atoms with Crippen molar-refractivity contribution in [3.63, 3.8) is 0 Å². The second-order valence-electron chi connectivity index (χ2n) is 5.31. The van der Waals surface area contributed by atoms with Crippen LogP contribution in [0.25, 0.3) is 0 Å². The molecule has 1 aliphatic carbocycles. The molecule has 2 aromatic rings. The van der Waals surface area contributed by atoms with E-state index in [-0.39, 0.29) is 0 Å². The SMILES string of the molecule is CCOc1cccc(Oc2cccc(CNC3CC3)c2)c1.